The van der Waals surface area contributed by atoms with E-state index in [-0.39, 0.29) is 5.91 Å². The highest BCUT2D eigenvalue weighted by Gasteiger charge is 1.94. The van der Waals surface area contributed by atoms with Crippen molar-refractivity contribution in [1.29, 1.82) is 0 Å². The summed E-state index contributed by atoms with van der Waals surface area (Å²) in [5.41, 5.74) is 5.53. The maximum absolute atomic E-state index is 10.4. The van der Waals surface area contributed by atoms with Crippen molar-refractivity contribution in [2.75, 3.05) is 24.6 Å². The Kier molecular flexibility index (Phi) is 5.88. The minimum atomic E-state index is -0.379. The quantitative estimate of drug-likeness (QED) is 0.751. The maximum atomic E-state index is 10.4. The smallest absolute Gasteiger partial charge is 0.248 e. The molecule has 1 amide bonds. The summed E-state index contributed by atoms with van der Waals surface area (Å²) < 4.78 is 0. The summed E-state index contributed by atoms with van der Waals surface area (Å²) in [6.45, 7) is 2.43. The van der Waals surface area contributed by atoms with E-state index in [4.69, 9.17) is 5.73 Å². The number of rotatable bonds is 1. The topological polar surface area (TPSA) is 55.1 Å². The summed E-state index contributed by atoms with van der Waals surface area (Å²) >= 11 is 2.03. The van der Waals surface area contributed by atoms with Gasteiger partial charge in [0, 0.05) is 30.2 Å². The molecule has 1 heterocycles. The number of carbonyl (C=O) groups is 1. The Labute approximate surface area is 94.4 Å². The first-order valence-electron chi connectivity index (χ1n) is 4.94. The zero-order chi connectivity index (χ0) is 10.9. The van der Waals surface area contributed by atoms with Crippen molar-refractivity contribution in [2.45, 2.75) is 0 Å². The number of hydrogen-bond donors (Lipinski definition) is 2. The maximum Gasteiger partial charge on any atom is 0.248 e. The van der Waals surface area contributed by atoms with Crippen LogP contribution in [0.2, 0.25) is 0 Å². The summed E-state index contributed by atoms with van der Waals surface area (Å²) in [5, 5.41) is 3.26. The SMILES string of the molecule is C1CSCCN1.NC(=O)c1ccccc1. The molecule has 0 aromatic heterocycles. The van der Waals surface area contributed by atoms with E-state index in [0.29, 0.717) is 5.56 Å². The van der Waals surface area contributed by atoms with Gasteiger partial charge >= 0.3 is 0 Å². The molecule has 0 atom stereocenters. The fraction of sp³-hybridized carbons (Fsp3) is 0.364. The van der Waals surface area contributed by atoms with Crippen molar-refractivity contribution in [2.24, 2.45) is 5.73 Å². The van der Waals surface area contributed by atoms with Crippen LogP contribution >= 0.6 is 11.8 Å². The Morgan fingerprint density at radius 2 is 1.80 bits per heavy atom. The van der Waals surface area contributed by atoms with Gasteiger partial charge in [-0.25, -0.2) is 0 Å². The van der Waals surface area contributed by atoms with Gasteiger partial charge in [-0.2, -0.15) is 11.8 Å². The van der Waals surface area contributed by atoms with E-state index in [9.17, 15) is 4.79 Å². The molecule has 1 aromatic carbocycles. The molecule has 0 spiro atoms. The lowest BCUT2D eigenvalue weighted by atomic mass is 10.2. The number of primary amides is 1. The third-order valence-corrected chi connectivity index (χ3v) is 2.89. The van der Waals surface area contributed by atoms with Crippen LogP contribution in [0, 0.1) is 0 Å². The molecule has 3 N–H and O–H groups in total. The van der Waals surface area contributed by atoms with Crippen molar-refractivity contribution in [3.63, 3.8) is 0 Å². The first kappa shape index (κ1) is 12.1. The zero-order valence-corrected chi connectivity index (χ0v) is 9.43. The average molecular weight is 224 g/mol. The van der Waals surface area contributed by atoms with Gasteiger partial charge in [-0.15, -0.1) is 0 Å². The van der Waals surface area contributed by atoms with Gasteiger partial charge in [-0.1, -0.05) is 18.2 Å². The predicted molar refractivity (Wildman–Crippen MR) is 65.2 cm³/mol. The van der Waals surface area contributed by atoms with Gasteiger partial charge in [0.05, 0.1) is 0 Å². The largest absolute Gasteiger partial charge is 0.366 e. The second kappa shape index (κ2) is 7.31. The first-order valence-corrected chi connectivity index (χ1v) is 6.09. The third-order valence-electron chi connectivity index (χ3n) is 1.90. The van der Waals surface area contributed by atoms with Gasteiger partial charge in [-0.05, 0) is 12.1 Å². The highest BCUT2D eigenvalue weighted by atomic mass is 32.2. The van der Waals surface area contributed by atoms with Gasteiger partial charge in [0.25, 0.3) is 0 Å². The summed E-state index contributed by atoms with van der Waals surface area (Å²) in [6, 6.07) is 8.76. The molecule has 82 valence electrons. The summed E-state index contributed by atoms with van der Waals surface area (Å²) in [6.07, 6.45) is 0. The number of amides is 1. The van der Waals surface area contributed by atoms with Crippen molar-refractivity contribution in [3.8, 4) is 0 Å². The standard InChI is InChI=1S/C7H7NO.C4H9NS/c8-7(9)6-4-2-1-3-5-6;1-3-6-4-2-5-1/h1-5H,(H2,8,9);5H,1-4H2. The van der Waals surface area contributed by atoms with Gasteiger partial charge in [0.2, 0.25) is 5.91 Å². The highest BCUT2D eigenvalue weighted by molar-refractivity contribution is 7.99. The molecule has 0 bridgehead atoms. The van der Waals surface area contributed by atoms with E-state index in [0.717, 1.165) is 0 Å². The minimum Gasteiger partial charge on any atom is -0.366 e. The van der Waals surface area contributed by atoms with Crippen LogP contribution in [0.4, 0.5) is 0 Å². The molecule has 1 saturated heterocycles. The summed E-state index contributed by atoms with van der Waals surface area (Å²) in [7, 11) is 0. The van der Waals surface area contributed by atoms with Crippen LogP contribution in [0.3, 0.4) is 0 Å². The molecule has 1 aliphatic rings. The summed E-state index contributed by atoms with van der Waals surface area (Å²) in [5.74, 6) is 2.23. The van der Waals surface area contributed by atoms with Crippen LogP contribution < -0.4 is 11.1 Å². The monoisotopic (exact) mass is 224 g/mol. The molecule has 0 saturated carbocycles. The number of thioether (sulfide) groups is 1. The highest BCUT2D eigenvalue weighted by Crippen LogP contribution is 1.99. The number of benzene rings is 1. The van der Waals surface area contributed by atoms with E-state index < -0.39 is 0 Å². The molecule has 2 rings (SSSR count). The molecule has 0 radical (unpaired) electrons. The van der Waals surface area contributed by atoms with Gasteiger partial charge in [0.15, 0.2) is 0 Å². The Bertz CT molecular complexity index is 274. The third kappa shape index (κ3) is 5.44. The molecule has 3 nitrogen and oxygen atoms in total. The Morgan fingerprint density at radius 1 is 1.20 bits per heavy atom. The van der Waals surface area contributed by atoms with Gasteiger partial charge < -0.3 is 11.1 Å². The Hall–Kier alpha value is -1.00. The van der Waals surface area contributed by atoms with Crippen molar-refractivity contribution >= 4 is 17.7 Å². The Morgan fingerprint density at radius 3 is 2.07 bits per heavy atom. The van der Waals surface area contributed by atoms with Gasteiger partial charge in [-0.3, -0.25) is 4.79 Å². The fourth-order valence-electron chi connectivity index (χ4n) is 1.12. The fourth-order valence-corrected chi connectivity index (χ4v) is 1.90. The molecular weight excluding hydrogens is 208 g/mol. The number of nitrogens with one attached hydrogen (secondary N) is 1. The lowest BCUT2D eigenvalue weighted by Crippen LogP contribution is -2.24. The van der Waals surface area contributed by atoms with E-state index in [1.807, 2.05) is 17.8 Å². The second-order valence-corrected chi connectivity index (χ2v) is 4.32. The number of carbonyl (C=O) groups excluding carboxylic acids is 1. The number of nitrogens with two attached hydrogens (primary N) is 1. The van der Waals surface area contributed by atoms with E-state index in [2.05, 4.69) is 5.32 Å². The first-order chi connectivity index (χ1) is 7.30. The van der Waals surface area contributed by atoms with Crippen molar-refractivity contribution in [1.82, 2.24) is 5.32 Å². The average Bonchev–Trinajstić information content (AvgIpc) is 2.33. The van der Waals surface area contributed by atoms with Crippen LogP contribution in [-0.2, 0) is 0 Å². The summed E-state index contributed by atoms with van der Waals surface area (Å²) in [4.78, 5) is 10.4. The normalized spacial score (nSPS) is 14.9. The molecule has 0 unspecified atom stereocenters. The van der Waals surface area contributed by atoms with E-state index in [1.165, 1.54) is 24.6 Å². The Balaban J connectivity index is 0.000000162. The zero-order valence-electron chi connectivity index (χ0n) is 8.61. The van der Waals surface area contributed by atoms with E-state index >= 15 is 0 Å². The number of hydrogen-bond acceptors (Lipinski definition) is 3. The van der Waals surface area contributed by atoms with Crippen molar-refractivity contribution < 1.29 is 4.79 Å². The predicted octanol–water partition coefficient (Wildman–Crippen LogP) is 1.11. The molecule has 15 heavy (non-hydrogen) atoms. The lowest BCUT2D eigenvalue weighted by Gasteiger charge is -2.08. The molecule has 1 fully saturated rings. The molecular formula is C11H16N2OS. The van der Waals surface area contributed by atoms with Crippen LogP contribution in [0.25, 0.3) is 0 Å². The van der Waals surface area contributed by atoms with Gasteiger partial charge in [0.1, 0.15) is 0 Å². The molecule has 1 aliphatic heterocycles. The molecule has 1 aromatic rings. The molecule has 4 heteroatoms. The molecule has 0 aliphatic carbocycles. The minimum absolute atomic E-state index is 0.379. The van der Waals surface area contributed by atoms with Crippen LogP contribution in [0.5, 0.6) is 0 Å². The lowest BCUT2D eigenvalue weighted by molar-refractivity contribution is 0.100. The van der Waals surface area contributed by atoms with Crippen LogP contribution in [0.1, 0.15) is 10.4 Å². The van der Waals surface area contributed by atoms with Crippen LogP contribution in [0.15, 0.2) is 30.3 Å². The second-order valence-electron chi connectivity index (χ2n) is 3.09. The van der Waals surface area contributed by atoms with Crippen molar-refractivity contribution in [3.05, 3.63) is 35.9 Å². The van der Waals surface area contributed by atoms with E-state index in [1.54, 1.807) is 24.3 Å². The van der Waals surface area contributed by atoms with Crippen LogP contribution in [-0.4, -0.2) is 30.5 Å².